The molecule has 0 spiro atoms. The molecule has 21 heavy (non-hydrogen) atoms. The highest BCUT2D eigenvalue weighted by atomic mass is 35.5. The SMILES string of the molecule is C/C=C/C(=O)OC(C)C(=O)NC(C)c1ccc(Cl)cc1Cl. The topological polar surface area (TPSA) is 55.4 Å². The predicted octanol–water partition coefficient (Wildman–Crippen LogP) is 3.68. The average molecular weight is 330 g/mol. The van der Waals surface area contributed by atoms with E-state index in [1.54, 1.807) is 38.1 Å². The lowest BCUT2D eigenvalue weighted by atomic mass is 10.1. The third-order valence-corrected chi connectivity index (χ3v) is 3.32. The van der Waals surface area contributed by atoms with Gasteiger partial charge in [-0.25, -0.2) is 4.79 Å². The number of allylic oxidation sites excluding steroid dienone is 1. The van der Waals surface area contributed by atoms with Crippen molar-refractivity contribution in [2.45, 2.75) is 32.9 Å². The molecule has 0 aromatic heterocycles. The molecule has 2 unspecified atom stereocenters. The van der Waals surface area contributed by atoms with Crippen LogP contribution < -0.4 is 5.32 Å². The molecule has 1 aromatic carbocycles. The standard InChI is InChI=1S/C15H17Cl2NO3/c1-4-5-14(19)21-10(3)15(20)18-9(2)12-7-6-11(16)8-13(12)17/h4-10H,1-3H3,(H,18,20)/b5-4+. The Bertz CT molecular complexity index is 558. The summed E-state index contributed by atoms with van der Waals surface area (Å²) in [7, 11) is 0. The summed E-state index contributed by atoms with van der Waals surface area (Å²) in [5, 5.41) is 3.73. The highest BCUT2D eigenvalue weighted by Crippen LogP contribution is 2.26. The molecule has 0 saturated carbocycles. The van der Waals surface area contributed by atoms with Crippen molar-refractivity contribution in [2.24, 2.45) is 0 Å². The van der Waals surface area contributed by atoms with Crippen molar-refractivity contribution in [1.29, 1.82) is 0 Å². The first-order chi connectivity index (χ1) is 9.85. The van der Waals surface area contributed by atoms with Gasteiger partial charge in [-0.2, -0.15) is 0 Å². The number of ether oxygens (including phenoxy) is 1. The summed E-state index contributed by atoms with van der Waals surface area (Å²) in [4.78, 5) is 23.2. The summed E-state index contributed by atoms with van der Waals surface area (Å²) >= 11 is 11.9. The van der Waals surface area contributed by atoms with Crippen molar-refractivity contribution in [3.05, 3.63) is 46.0 Å². The molecule has 0 radical (unpaired) electrons. The first kappa shape index (κ1) is 17.5. The molecule has 0 saturated heterocycles. The lowest BCUT2D eigenvalue weighted by Crippen LogP contribution is -2.37. The largest absolute Gasteiger partial charge is 0.449 e. The second kappa shape index (κ2) is 8.05. The smallest absolute Gasteiger partial charge is 0.331 e. The van der Waals surface area contributed by atoms with E-state index in [4.69, 9.17) is 27.9 Å². The van der Waals surface area contributed by atoms with Crippen LogP contribution in [0.1, 0.15) is 32.4 Å². The van der Waals surface area contributed by atoms with Crippen molar-refractivity contribution >= 4 is 35.1 Å². The number of esters is 1. The molecule has 1 amide bonds. The van der Waals surface area contributed by atoms with E-state index in [0.717, 1.165) is 5.56 Å². The number of hydrogen-bond donors (Lipinski definition) is 1. The van der Waals surface area contributed by atoms with Crippen molar-refractivity contribution in [2.75, 3.05) is 0 Å². The number of carbonyl (C=O) groups excluding carboxylic acids is 2. The maximum atomic E-state index is 12.0. The van der Waals surface area contributed by atoms with Gasteiger partial charge in [0.2, 0.25) is 0 Å². The van der Waals surface area contributed by atoms with Gasteiger partial charge in [-0.05, 0) is 38.5 Å². The van der Waals surface area contributed by atoms with Crippen LogP contribution in [0.25, 0.3) is 0 Å². The molecular weight excluding hydrogens is 313 g/mol. The normalized spacial score (nSPS) is 13.8. The highest BCUT2D eigenvalue weighted by Gasteiger charge is 2.20. The molecule has 0 aliphatic heterocycles. The Hall–Kier alpha value is -1.52. The second-order valence-electron chi connectivity index (χ2n) is 4.48. The Morgan fingerprint density at radius 1 is 1.29 bits per heavy atom. The molecule has 0 fully saturated rings. The number of rotatable bonds is 5. The first-order valence-corrected chi connectivity index (χ1v) is 7.19. The Morgan fingerprint density at radius 3 is 2.52 bits per heavy atom. The Labute approximate surface area is 134 Å². The summed E-state index contributed by atoms with van der Waals surface area (Å²) in [6.45, 7) is 4.98. The number of carbonyl (C=O) groups is 2. The van der Waals surface area contributed by atoms with Crippen LogP contribution in [0.5, 0.6) is 0 Å². The Balaban J connectivity index is 2.67. The molecule has 1 aromatic rings. The zero-order valence-corrected chi connectivity index (χ0v) is 13.5. The van der Waals surface area contributed by atoms with E-state index >= 15 is 0 Å². The van der Waals surface area contributed by atoms with Crippen LogP contribution in [-0.2, 0) is 14.3 Å². The van der Waals surface area contributed by atoms with Crippen LogP contribution in [0.3, 0.4) is 0 Å². The molecule has 0 heterocycles. The van der Waals surface area contributed by atoms with Gasteiger partial charge in [0, 0.05) is 16.1 Å². The minimum Gasteiger partial charge on any atom is -0.449 e. The summed E-state index contributed by atoms with van der Waals surface area (Å²) in [6.07, 6.45) is 1.91. The van der Waals surface area contributed by atoms with Gasteiger partial charge in [-0.15, -0.1) is 0 Å². The summed E-state index contributed by atoms with van der Waals surface area (Å²) in [6, 6.07) is 4.72. The zero-order chi connectivity index (χ0) is 16.0. The van der Waals surface area contributed by atoms with Gasteiger partial charge in [0.25, 0.3) is 5.91 Å². The third kappa shape index (κ3) is 5.40. The van der Waals surface area contributed by atoms with Gasteiger partial charge in [0.05, 0.1) is 6.04 Å². The van der Waals surface area contributed by atoms with Gasteiger partial charge in [0.15, 0.2) is 6.10 Å². The maximum Gasteiger partial charge on any atom is 0.331 e. The molecule has 114 valence electrons. The monoisotopic (exact) mass is 329 g/mol. The van der Waals surface area contributed by atoms with Crippen molar-refractivity contribution in [3.63, 3.8) is 0 Å². The van der Waals surface area contributed by atoms with Crippen molar-refractivity contribution in [1.82, 2.24) is 5.32 Å². The lowest BCUT2D eigenvalue weighted by molar-refractivity contribution is -0.150. The van der Waals surface area contributed by atoms with Gasteiger partial charge in [-0.1, -0.05) is 35.3 Å². The summed E-state index contributed by atoms with van der Waals surface area (Å²) in [5.41, 5.74) is 0.737. The van der Waals surface area contributed by atoms with E-state index in [-0.39, 0.29) is 6.04 Å². The maximum absolute atomic E-state index is 12.0. The van der Waals surface area contributed by atoms with Crippen LogP contribution in [0, 0.1) is 0 Å². The molecule has 0 bridgehead atoms. The van der Waals surface area contributed by atoms with Crippen LogP contribution in [0.2, 0.25) is 10.0 Å². The highest BCUT2D eigenvalue weighted by molar-refractivity contribution is 6.35. The van der Waals surface area contributed by atoms with E-state index in [9.17, 15) is 9.59 Å². The van der Waals surface area contributed by atoms with E-state index in [2.05, 4.69) is 5.32 Å². The number of halogens is 2. The fourth-order valence-corrected chi connectivity index (χ4v) is 2.24. The third-order valence-electron chi connectivity index (χ3n) is 2.75. The molecule has 0 aliphatic carbocycles. The lowest BCUT2D eigenvalue weighted by Gasteiger charge is -2.19. The quantitative estimate of drug-likeness (QED) is 0.662. The van der Waals surface area contributed by atoms with E-state index in [1.807, 2.05) is 0 Å². The number of amides is 1. The second-order valence-corrected chi connectivity index (χ2v) is 5.32. The van der Waals surface area contributed by atoms with E-state index < -0.39 is 18.0 Å². The van der Waals surface area contributed by atoms with Crippen LogP contribution >= 0.6 is 23.2 Å². The van der Waals surface area contributed by atoms with Crippen LogP contribution in [0.15, 0.2) is 30.4 Å². The average Bonchev–Trinajstić information content (AvgIpc) is 2.38. The Kier molecular flexibility index (Phi) is 6.72. The Morgan fingerprint density at radius 2 is 1.95 bits per heavy atom. The fourth-order valence-electron chi connectivity index (χ4n) is 1.66. The fraction of sp³-hybridized carbons (Fsp3) is 0.333. The number of nitrogens with one attached hydrogen (secondary N) is 1. The molecule has 1 rings (SSSR count). The minimum atomic E-state index is -0.887. The molecule has 6 heteroatoms. The molecular formula is C15H17Cl2NO3. The van der Waals surface area contributed by atoms with E-state index in [1.165, 1.54) is 13.0 Å². The summed E-state index contributed by atoms with van der Waals surface area (Å²) < 4.78 is 4.95. The van der Waals surface area contributed by atoms with E-state index in [0.29, 0.717) is 10.0 Å². The molecule has 4 nitrogen and oxygen atoms in total. The van der Waals surface area contributed by atoms with Crippen molar-refractivity contribution < 1.29 is 14.3 Å². The number of benzene rings is 1. The number of hydrogen-bond acceptors (Lipinski definition) is 3. The molecule has 2 atom stereocenters. The first-order valence-electron chi connectivity index (χ1n) is 6.43. The predicted molar refractivity (Wildman–Crippen MR) is 83.4 cm³/mol. The molecule has 0 aliphatic rings. The van der Waals surface area contributed by atoms with Crippen LogP contribution in [0.4, 0.5) is 0 Å². The van der Waals surface area contributed by atoms with Crippen LogP contribution in [-0.4, -0.2) is 18.0 Å². The zero-order valence-electron chi connectivity index (χ0n) is 12.0. The van der Waals surface area contributed by atoms with Gasteiger partial charge in [-0.3, -0.25) is 4.79 Å². The minimum absolute atomic E-state index is 0.329. The van der Waals surface area contributed by atoms with Gasteiger partial charge >= 0.3 is 5.97 Å². The van der Waals surface area contributed by atoms with Gasteiger partial charge < -0.3 is 10.1 Å². The summed E-state index contributed by atoms with van der Waals surface area (Å²) in [5.74, 6) is -0.955. The van der Waals surface area contributed by atoms with Crippen molar-refractivity contribution in [3.8, 4) is 0 Å². The molecule has 1 N–H and O–H groups in total. The van der Waals surface area contributed by atoms with Gasteiger partial charge in [0.1, 0.15) is 0 Å².